The van der Waals surface area contributed by atoms with Gasteiger partial charge in [0, 0.05) is 12.2 Å². The van der Waals surface area contributed by atoms with Gasteiger partial charge in [0.1, 0.15) is 0 Å². The predicted octanol–water partition coefficient (Wildman–Crippen LogP) is 4.42. The molecule has 4 rings (SSSR count). The lowest BCUT2D eigenvalue weighted by Gasteiger charge is -2.23. The largest absolute Gasteiger partial charge is 0.332 e. The molecule has 2 N–H and O–H groups in total. The molecule has 2 aromatic rings. The Kier molecular flexibility index (Phi) is 7.39. The van der Waals surface area contributed by atoms with E-state index in [1.54, 1.807) is 6.92 Å². The summed E-state index contributed by atoms with van der Waals surface area (Å²) < 4.78 is 28.0. The first kappa shape index (κ1) is 23.8. The smallest absolute Gasteiger partial charge is 0.307 e. The van der Waals surface area contributed by atoms with Gasteiger partial charge in [0.25, 0.3) is 0 Å². The van der Waals surface area contributed by atoms with Crippen LogP contribution < -0.4 is 10.0 Å². The Morgan fingerprint density at radius 2 is 1.67 bits per heavy atom. The first-order valence-corrected chi connectivity index (χ1v) is 13.7. The van der Waals surface area contributed by atoms with Crippen molar-refractivity contribution in [3.63, 3.8) is 0 Å². The van der Waals surface area contributed by atoms with E-state index in [0.29, 0.717) is 13.0 Å². The van der Waals surface area contributed by atoms with Crippen LogP contribution in [-0.4, -0.2) is 37.7 Å². The van der Waals surface area contributed by atoms with E-state index in [1.807, 2.05) is 18.2 Å². The number of carbonyl (C=O) groups is 1. The van der Waals surface area contributed by atoms with Crippen molar-refractivity contribution in [2.24, 2.45) is 0 Å². The van der Waals surface area contributed by atoms with E-state index >= 15 is 0 Å². The third-order valence-corrected chi connectivity index (χ3v) is 8.79. The van der Waals surface area contributed by atoms with Gasteiger partial charge in [0.05, 0.1) is 5.25 Å². The summed E-state index contributed by atoms with van der Waals surface area (Å²) in [5.74, 6) is 0. The Morgan fingerprint density at radius 3 is 2.27 bits per heavy atom. The Balaban J connectivity index is 1.36. The molecule has 0 saturated heterocycles. The van der Waals surface area contributed by atoms with Crippen LogP contribution in [0.5, 0.6) is 0 Å². The summed E-state index contributed by atoms with van der Waals surface area (Å²) in [6.45, 7) is 6.01. The number of fused-ring (bicyclic) bond motifs is 2. The van der Waals surface area contributed by atoms with Crippen LogP contribution in [0.1, 0.15) is 60.9 Å². The SMILES string of the molecule is CCN(CCC(C)S(=O)(=O)NC(=O)Nc1c2c(cc3c1CCC3)CCC2)Cc1ccccc1. The average molecular weight is 470 g/mol. The number of amides is 2. The molecule has 1 atom stereocenters. The number of anilines is 1. The third kappa shape index (κ3) is 5.58. The van der Waals surface area contributed by atoms with Crippen LogP contribution in [0.15, 0.2) is 36.4 Å². The van der Waals surface area contributed by atoms with E-state index in [2.05, 4.69) is 40.1 Å². The van der Waals surface area contributed by atoms with Crippen LogP contribution in [0.3, 0.4) is 0 Å². The van der Waals surface area contributed by atoms with E-state index in [1.165, 1.54) is 27.8 Å². The predicted molar refractivity (Wildman–Crippen MR) is 133 cm³/mol. The van der Waals surface area contributed by atoms with Crippen molar-refractivity contribution < 1.29 is 13.2 Å². The second kappa shape index (κ2) is 10.3. The number of rotatable bonds is 9. The molecule has 0 fully saturated rings. The number of hydrogen-bond acceptors (Lipinski definition) is 4. The van der Waals surface area contributed by atoms with Crippen molar-refractivity contribution in [1.82, 2.24) is 9.62 Å². The molecular formula is C26H35N3O3S. The number of benzene rings is 2. The first-order chi connectivity index (χ1) is 15.9. The van der Waals surface area contributed by atoms with Crippen molar-refractivity contribution in [2.75, 3.05) is 18.4 Å². The van der Waals surface area contributed by atoms with Crippen LogP contribution in [0, 0.1) is 0 Å². The number of carbonyl (C=O) groups excluding carboxylic acids is 1. The molecule has 0 radical (unpaired) electrons. The van der Waals surface area contributed by atoms with Crippen molar-refractivity contribution in [3.8, 4) is 0 Å². The number of hydrogen-bond donors (Lipinski definition) is 2. The van der Waals surface area contributed by atoms with E-state index in [4.69, 9.17) is 0 Å². The molecule has 0 bridgehead atoms. The highest BCUT2D eigenvalue weighted by atomic mass is 32.2. The highest BCUT2D eigenvalue weighted by molar-refractivity contribution is 7.90. The van der Waals surface area contributed by atoms with Gasteiger partial charge in [-0.05, 0) is 92.8 Å². The number of nitrogens with zero attached hydrogens (tertiary/aromatic N) is 1. The molecule has 0 heterocycles. The van der Waals surface area contributed by atoms with Gasteiger partial charge in [-0.1, -0.05) is 43.3 Å². The van der Waals surface area contributed by atoms with Crippen molar-refractivity contribution in [2.45, 2.75) is 70.6 Å². The second-order valence-corrected chi connectivity index (χ2v) is 11.4. The van der Waals surface area contributed by atoms with Crippen molar-refractivity contribution in [1.29, 1.82) is 0 Å². The maximum Gasteiger partial charge on any atom is 0.332 e. The molecule has 33 heavy (non-hydrogen) atoms. The molecular weight excluding hydrogens is 434 g/mol. The molecule has 2 amide bonds. The monoisotopic (exact) mass is 469 g/mol. The zero-order chi connectivity index (χ0) is 23.4. The van der Waals surface area contributed by atoms with Crippen LogP contribution in [0.25, 0.3) is 0 Å². The number of nitrogens with one attached hydrogen (secondary N) is 2. The lowest BCUT2D eigenvalue weighted by atomic mass is 9.99. The van der Waals surface area contributed by atoms with Gasteiger partial charge in [-0.25, -0.2) is 17.9 Å². The van der Waals surface area contributed by atoms with E-state index < -0.39 is 21.3 Å². The minimum absolute atomic E-state index is 0.458. The van der Waals surface area contributed by atoms with Gasteiger partial charge < -0.3 is 5.32 Å². The maximum atomic E-state index is 12.9. The molecule has 6 nitrogen and oxygen atoms in total. The number of sulfonamides is 1. The molecule has 1 unspecified atom stereocenters. The Bertz CT molecular complexity index is 1070. The lowest BCUT2D eigenvalue weighted by Crippen LogP contribution is -2.41. The molecule has 0 saturated carbocycles. The topological polar surface area (TPSA) is 78.5 Å². The van der Waals surface area contributed by atoms with Crippen molar-refractivity contribution in [3.05, 3.63) is 64.2 Å². The third-order valence-electron chi connectivity index (χ3n) is 7.02. The quantitative estimate of drug-likeness (QED) is 0.570. The molecule has 0 aliphatic heterocycles. The molecule has 2 aliphatic carbocycles. The fourth-order valence-electron chi connectivity index (χ4n) is 5.05. The summed E-state index contributed by atoms with van der Waals surface area (Å²) in [6.07, 6.45) is 6.57. The Morgan fingerprint density at radius 1 is 1.03 bits per heavy atom. The normalized spacial score (nSPS) is 15.8. The summed E-state index contributed by atoms with van der Waals surface area (Å²) in [7, 11) is -3.77. The zero-order valence-corrected chi connectivity index (χ0v) is 20.5. The van der Waals surface area contributed by atoms with E-state index in [9.17, 15) is 13.2 Å². The summed E-state index contributed by atoms with van der Waals surface area (Å²) in [5.41, 5.74) is 7.06. The average Bonchev–Trinajstić information content (AvgIpc) is 3.46. The molecule has 0 spiro atoms. The van der Waals surface area contributed by atoms with Crippen LogP contribution in [-0.2, 0) is 42.3 Å². The highest BCUT2D eigenvalue weighted by Gasteiger charge is 2.28. The summed E-state index contributed by atoms with van der Waals surface area (Å²) in [5, 5.41) is 2.26. The fourth-order valence-corrected chi connectivity index (χ4v) is 5.97. The second-order valence-electron chi connectivity index (χ2n) is 9.29. The summed E-state index contributed by atoms with van der Waals surface area (Å²) in [4.78, 5) is 15.0. The van der Waals surface area contributed by atoms with Gasteiger partial charge >= 0.3 is 6.03 Å². The lowest BCUT2D eigenvalue weighted by molar-refractivity contribution is 0.256. The van der Waals surface area contributed by atoms with Gasteiger partial charge in [-0.3, -0.25) is 4.90 Å². The first-order valence-electron chi connectivity index (χ1n) is 12.1. The van der Waals surface area contributed by atoms with Crippen LogP contribution in [0.2, 0.25) is 0 Å². The molecule has 2 aromatic carbocycles. The standard InChI is InChI=1S/C26H35N3O3S/c1-3-29(18-20-9-5-4-6-10-20)16-15-19(2)33(31,32)28-26(30)27-25-23-13-7-11-21(23)17-22-12-8-14-24(22)25/h4-6,9-10,17,19H,3,7-8,11-16,18H2,1-2H3,(H2,27,28,30). The molecule has 0 aromatic heterocycles. The minimum atomic E-state index is -3.77. The highest BCUT2D eigenvalue weighted by Crippen LogP contribution is 2.38. The van der Waals surface area contributed by atoms with E-state index in [0.717, 1.165) is 57.3 Å². The van der Waals surface area contributed by atoms with Crippen LogP contribution >= 0.6 is 0 Å². The molecule has 178 valence electrons. The maximum absolute atomic E-state index is 12.9. The Hall–Kier alpha value is -2.38. The van der Waals surface area contributed by atoms with Crippen LogP contribution in [0.4, 0.5) is 10.5 Å². The number of aryl methyl sites for hydroxylation is 2. The van der Waals surface area contributed by atoms with Gasteiger partial charge in [-0.2, -0.15) is 0 Å². The van der Waals surface area contributed by atoms with E-state index in [-0.39, 0.29) is 0 Å². The zero-order valence-electron chi connectivity index (χ0n) is 19.7. The molecule has 2 aliphatic rings. The van der Waals surface area contributed by atoms with Gasteiger partial charge in [0.2, 0.25) is 10.0 Å². The number of urea groups is 1. The van der Waals surface area contributed by atoms with Gasteiger partial charge in [-0.15, -0.1) is 0 Å². The summed E-state index contributed by atoms with van der Waals surface area (Å²) >= 11 is 0. The summed E-state index contributed by atoms with van der Waals surface area (Å²) in [6, 6.07) is 11.8. The van der Waals surface area contributed by atoms with Crippen molar-refractivity contribution >= 4 is 21.7 Å². The fraction of sp³-hybridized carbons (Fsp3) is 0.500. The Labute approximate surface area is 197 Å². The van der Waals surface area contributed by atoms with Gasteiger partial charge in [0.15, 0.2) is 0 Å². The minimum Gasteiger partial charge on any atom is -0.307 e. The molecule has 7 heteroatoms.